The highest BCUT2D eigenvalue weighted by Crippen LogP contribution is 2.40. The van der Waals surface area contributed by atoms with Crippen molar-refractivity contribution in [3.8, 4) is 5.75 Å². The van der Waals surface area contributed by atoms with Gasteiger partial charge in [-0.15, -0.1) is 21.5 Å². The van der Waals surface area contributed by atoms with E-state index < -0.39 is 11.2 Å². The van der Waals surface area contributed by atoms with Gasteiger partial charge in [0.15, 0.2) is 11.0 Å². The molecule has 2 N–H and O–H groups in total. The number of unbranched alkanes of at least 4 members (excludes halogenated alkanes) is 1. The van der Waals surface area contributed by atoms with Crippen LogP contribution < -0.4 is 15.4 Å². The summed E-state index contributed by atoms with van der Waals surface area (Å²) < 4.78 is 12.4. The quantitative estimate of drug-likeness (QED) is 0.215. The van der Waals surface area contributed by atoms with Crippen LogP contribution in [-0.2, 0) is 35.5 Å². The summed E-state index contributed by atoms with van der Waals surface area (Å²) in [6.45, 7) is 6.81. The van der Waals surface area contributed by atoms with Crippen LogP contribution in [0, 0.1) is 0 Å². The van der Waals surface area contributed by atoms with Crippen LogP contribution in [0.15, 0.2) is 29.4 Å². The molecule has 40 heavy (non-hydrogen) atoms. The monoisotopic (exact) mass is 585 g/mol. The molecule has 2 heterocycles. The first kappa shape index (κ1) is 29.6. The van der Waals surface area contributed by atoms with Gasteiger partial charge >= 0.3 is 5.97 Å². The number of hydrogen-bond acceptors (Lipinski definition) is 9. The van der Waals surface area contributed by atoms with Gasteiger partial charge in [0.05, 0.1) is 31.1 Å². The number of carbonyl (C=O) groups is 3. The molecule has 0 aliphatic heterocycles. The van der Waals surface area contributed by atoms with Crippen LogP contribution in [0.1, 0.15) is 77.0 Å². The van der Waals surface area contributed by atoms with Crippen molar-refractivity contribution in [3.05, 3.63) is 51.7 Å². The molecule has 3 aromatic rings. The molecule has 1 aromatic carbocycles. The SMILES string of the molecule is CCCCn1c(CNC(=O)c2ccc(OC)cc2)nnc1S[C@H](C)C(=O)Nc1sc2c(c1C(=O)OCC)CCC2. The van der Waals surface area contributed by atoms with E-state index in [1.165, 1.54) is 23.1 Å². The summed E-state index contributed by atoms with van der Waals surface area (Å²) in [6, 6.07) is 6.87. The Labute approximate surface area is 242 Å². The lowest BCUT2D eigenvalue weighted by molar-refractivity contribution is -0.115. The molecule has 0 bridgehead atoms. The van der Waals surface area contributed by atoms with Gasteiger partial charge in [0.1, 0.15) is 10.8 Å². The van der Waals surface area contributed by atoms with Crippen molar-refractivity contribution >= 4 is 45.9 Å². The van der Waals surface area contributed by atoms with E-state index in [1.54, 1.807) is 45.2 Å². The fraction of sp³-hybridized carbons (Fsp3) is 0.464. The highest BCUT2D eigenvalue weighted by molar-refractivity contribution is 8.00. The van der Waals surface area contributed by atoms with Crippen LogP contribution in [0.2, 0.25) is 0 Å². The predicted molar refractivity (Wildman–Crippen MR) is 155 cm³/mol. The number of anilines is 1. The number of hydrogen-bond donors (Lipinski definition) is 2. The number of thiophene rings is 1. The molecule has 2 aromatic heterocycles. The first-order valence-corrected chi connectivity index (χ1v) is 15.2. The molecule has 214 valence electrons. The smallest absolute Gasteiger partial charge is 0.341 e. The number of nitrogens with one attached hydrogen (secondary N) is 2. The van der Waals surface area contributed by atoms with Crippen LogP contribution in [0.3, 0.4) is 0 Å². The maximum Gasteiger partial charge on any atom is 0.341 e. The van der Waals surface area contributed by atoms with Gasteiger partial charge in [-0.3, -0.25) is 9.59 Å². The second-order valence-corrected chi connectivity index (χ2v) is 11.8. The third kappa shape index (κ3) is 6.84. The van der Waals surface area contributed by atoms with Crippen LogP contribution in [0.5, 0.6) is 5.75 Å². The summed E-state index contributed by atoms with van der Waals surface area (Å²) in [5.74, 6) is 0.448. The van der Waals surface area contributed by atoms with Crippen LogP contribution in [-0.4, -0.2) is 51.5 Å². The molecule has 2 amide bonds. The third-order valence-corrected chi connectivity index (χ3v) is 8.86. The lowest BCUT2D eigenvalue weighted by Gasteiger charge is -2.14. The Balaban J connectivity index is 1.44. The van der Waals surface area contributed by atoms with Crippen molar-refractivity contribution < 1.29 is 23.9 Å². The Hall–Kier alpha value is -3.38. The Morgan fingerprint density at radius 1 is 1.15 bits per heavy atom. The summed E-state index contributed by atoms with van der Waals surface area (Å²) in [6.07, 6.45) is 4.60. The van der Waals surface area contributed by atoms with Gasteiger partial charge in [-0.25, -0.2) is 4.79 Å². The molecular formula is C28H35N5O5S2. The number of nitrogens with zero attached hydrogens (tertiary/aromatic N) is 3. The van der Waals surface area contributed by atoms with Crippen LogP contribution in [0.4, 0.5) is 5.00 Å². The van der Waals surface area contributed by atoms with Gasteiger partial charge in [-0.2, -0.15) is 0 Å². The Morgan fingerprint density at radius 2 is 1.93 bits per heavy atom. The van der Waals surface area contributed by atoms with Gasteiger partial charge in [-0.05, 0) is 69.4 Å². The fourth-order valence-corrected chi connectivity index (χ4v) is 6.59. The normalized spacial score (nSPS) is 13.0. The van der Waals surface area contributed by atoms with E-state index in [1.807, 2.05) is 4.57 Å². The summed E-state index contributed by atoms with van der Waals surface area (Å²) in [7, 11) is 1.58. The second kappa shape index (κ2) is 13.8. The molecule has 0 fully saturated rings. The Morgan fingerprint density at radius 3 is 2.62 bits per heavy atom. The van der Waals surface area contributed by atoms with Crippen LogP contribution >= 0.6 is 23.1 Å². The van der Waals surface area contributed by atoms with Crippen LogP contribution in [0.25, 0.3) is 0 Å². The summed E-state index contributed by atoms with van der Waals surface area (Å²) >= 11 is 2.76. The Kier molecular flexibility index (Phi) is 10.2. The Bertz CT molecular complexity index is 1350. The zero-order chi connectivity index (χ0) is 28.6. The number of carbonyl (C=O) groups excluding carboxylic acids is 3. The number of thioether (sulfide) groups is 1. The lowest BCUT2D eigenvalue weighted by atomic mass is 10.1. The largest absolute Gasteiger partial charge is 0.497 e. The van der Waals surface area contributed by atoms with Crippen molar-refractivity contribution in [2.45, 2.75) is 76.4 Å². The minimum atomic E-state index is -0.502. The molecule has 12 heteroatoms. The topological polar surface area (TPSA) is 124 Å². The van der Waals surface area contributed by atoms with Crippen molar-refractivity contribution in [2.75, 3.05) is 19.0 Å². The minimum Gasteiger partial charge on any atom is -0.497 e. The number of aromatic nitrogens is 3. The van der Waals surface area contributed by atoms with Crippen molar-refractivity contribution in [3.63, 3.8) is 0 Å². The van der Waals surface area contributed by atoms with Gasteiger partial charge in [0.2, 0.25) is 5.91 Å². The summed E-state index contributed by atoms with van der Waals surface area (Å²) in [5, 5.41) is 15.2. The number of methoxy groups -OCH3 is 1. The predicted octanol–water partition coefficient (Wildman–Crippen LogP) is 4.86. The van der Waals surface area contributed by atoms with E-state index in [0.717, 1.165) is 42.5 Å². The molecular weight excluding hydrogens is 550 g/mol. The molecule has 0 spiro atoms. The number of fused-ring (bicyclic) bond motifs is 1. The number of benzene rings is 1. The number of ether oxygens (including phenoxy) is 2. The lowest BCUT2D eigenvalue weighted by Crippen LogP contribution is -2.25. The van der Waals surface area contributed by atoms with E-state index in [4.69, 9.17) is 9.47 Å². The van der Waals surface area contributed by atoms with Gasteiger partial charge in [-0.1, -0.05) is 25.1 Å². The average Bonchev–Trinajstić information content (AvgIpc) is 3.65. The van der Waals surface area contributed by atoms with Crippen molar-refractivity contribution in [1.29, 1.82) is 0 Å². The van der Waals surface area contributed by atoms with E-state index in [-0.39, 0.29) is 25.0 Å². The summed E-state index contributed by atoms with van der Waals surface area (Å²) in [4.78, 5) is 39.7. The standard InChI is InChI=1S/C28H35N5O5S2/c1-5-7-15-33-22(16-29-25(35)18-11-13-19(37-4)14-12-18)31-32-28(33)39-17(3)24(34)30-26-23(27(36)38-6-2)20-9-8-10-21(20)40-26/h11-14,17H,5-10,15-16H2,1-4H3,(H,29,35)(H,30,34)/t17-/m1/s1. The molecule has 4 rings (SSSR count). The molecule has 0 saturated carbocycles. The van der Waals surface area contributed by atoms with Crippen molar-refractivity contribution in [2.24, 2.45) is 0 Å². The molecule has 0 unspecified atom stereocenters. The molecule has 1 aliphatic rings. The van der Waals surface area contributed by atoms with E-state index >= 15 is 0 Å². The van der Waals surface area contributed by atoms with Crippen molar-refractivity contribution in [1.82, 2.24) is 20.1 Å². The number of amides is 2. The maximum absolute atomic E-state index is 13.2. The number of aryl methyl sites for hydroxylation is 1. The zero-order valence-electron chi connectivity index (χ0n) is 23.2. The average molecular weight is 586 g/mol. The minimum absolute atomic E-state index is 0.201. The number of rotatable bonds is 13. The molecule has 1 aliphatic carbocycles. The van der Waals surface area contributed by atoms with Gasteiger partial charge in [0.25, 0.3) is 5.91 Å². The maximum atomic E-state index is 13.2. The number of esters is 1. The van der Waals surface area contributed by atoms with E-state index in [9.17, 15) is 14.4 Å². The molecule has 10 nitrogen and oxygen atoms in total. The third-order valence-electron chi connectivity index (χ3n) is 6.58. The highest BCUT2D eigenvalue weighted by atomic mass is 32.2. The zero-order valence-corrected chi connectivity index (χ0v) is 24.9. The molecule has 0 radical (unpaired) electrons. The van der Waals surface area contributed by atoms with Gasteiger partial charge < -0.3 is 24.7 Å². The van der Waals surface area contributed by atoms with E-state index in [2.05, 4.69) is 27.8 Å². The second-order valence-electron chi connectivity index (χ2n) is 9.35. The highest BCUT2D eigenvalue weighted by Gasteiger charge is 2.29. The first-order valence-electron chi connectivity index (χ1n) is 13.5. The molecule has 0 saturated heterocycles. The first-order chi connectivity index (χ1) is 19.4. The molecule has 1 atom stereocenters. The summed E-state index contributed by atoms with van der Waals surface area (Å²) in [5.41, 5.74) is 2.01. The fourth-order valence-electron chi connectivity index (χ4n) is 4.42. The van der Waals surface area contributed by atoms with Gasteiger partial charge in [0, 0.05) is 17.0 Å². The van der Waals surface area contributed by atoms with E-state index in [0.29, 0.717) is 39.4 Å².